The van der Waals surface area contributed by atoms with Crippen LogP contribution in [-0.2, 0) is 0 Å². The highest BCUT2D eigenvalue weighted by atomic mass is 16.3. The Hall–Kier alpha value is -1.55. The highest BCUT2D eigenvalue weighted by Crippen LogP contribution is 2.25. The van der Waals surface area contributed by atoms with Crippen molar-refractivity contribution < 1.29 is 9.90 Å². The molecule has 0 bridgehead atoms. The highest BCUT2D eigenvalue weighted by molar-refractivity contribution is 5.96. The Kier molecular flexibility index (Phi) is 5.01. The van der Waals surface area contributed by atoms with Crippen molar-refractivity contribution in [3.8, 4) is 5.75 Å². The van der Waals surface area contributed by atoms with Crippen LogP contribution in [0.3, 0.4) is 0 Å². The standard InChI is InChI=1S/C16H24N2O2/c1-12-14(7-5-8-15(12)19)16(20)18-11-4-3-6-13(18)9-10-17-2/h5,7-8,13,17,19H,3-4,6,9-11H2,1-2H3. The number of phenolic OH excluding ortho intramolecular Hbond substituents is 1. The lowest BCUT2D eigenvalue weighted by molar-refractivity contribution is 0.0601. The van der Waals surface area contributed by atoms with Crippen LogP contribution in [0.5, 0.6) is 5.75 Å². The van der Waals surface area contributed by atoms with Crippen molar-refractivity contribution in [3.05, 3.63) is 29.3 Å². The maximum absolute atomic E-state index is 12.7. The summed E-state index contributed by atoms with van der Waals surface area (Å²) in [5, 5.41) is 12.9. The number of amides is 1. The summed E-state index contributed by atoms with van der Waals surface area (Å²) in [4.78, 5) is 14.7. The highest BCUT2D eigenvalue weighted by Gasteiger charge is 2.28. The number of phenols is 1. The number of nitrogens with one attached hydrogen (secondary N) is 1. The van der Waals surface area contributed by atoms with E-state index in [1.807, 2.05) is 11.9 Å². The first-order chi connectivity index (χ1) is 9.65. The molecule has 4 nitrogen and oxygen atoms in total. The molecule has 2 rings (SSSR count). The summed E-state index contributed by atoms with van der Waals surface area (Å²) in [5.74, 6) is 0.249. The molecule has 1 heterocycles. The van der Waals surface area contributed by atoms with Crippen LogP contribution in [0.25, 0.3) is 0 Å². The third-order valence-corrected chi connectivity index (χ3v) is 4.15. The molecule has 1 aliphatic rings. The molecule has 0 saturated carbocycles. The second-order valence-electron chi connectivity index (χ2n) is 5.49. The van der Waals surface area contributed by atoms with Crippen LogP contribution in [0.15, 0.2) is 18.2 Å². The molecule has 1 fully saturated rings. The summed E-state index contributed by atoms with van der Waals surface area (Å²) in [6.45, 7) is 3.55. The number of rotatable bonds is 4. The van der Waals surface area contributed by atoms with E-state index in [0.717, 1.165) is 32.4 Å². The molecule has 1 aromatic carbocycles. The summed E-state index contributed by atoms with van der Waals surface area (Å²) in [6.07, 6.45) is 4.32. The van der Waals surface area contributed by atoms with Gasteiger partial charge in [-0.25, -0.2) is 0 Å². The van der Waals surface area contributed by atoms with E-state index in [-0.39, 0.29) is 11.7 Å². The van der Waals surface area contributed by atoms with Crippen LogP contribution in [0.1, 0.15) is 41.6 Å². The van der Waals surface area contributed by atoms with Crippen LogP contribution >= 0.6 is 0 Å². The maximum Gasteiger partial charge on any atom is 0.254 e. The molecule has 1 unspecified atom stereocenters. The SMILES string of the molecule is CNCCC1CCCCN1C(=O)c1cccc(O)c1C. The smallest absolute Gasteiger partial charge is 0.254 e. The fraction of sp³-hybridized carbons (Fsp3) is 0.562. The molecule has 20 heavy (non-hydrogen) atoms. The van der Waals surface area contributed by atoms with E-state index < -0.39 is 0 Å². The Labute approximate surface area is 120 Å². The first kappa shape index (κ1) is 14.9. The van der Waals surface area contributed by atoms with Crippen molar-refractivity contribution in [2.45, 2.75) is 38.6 Å². The average Bonchev–Trinajstić information content (AvgIpc) is 2.47. The van der Waals surface area contributed by atoms with Gasteiger partial charge >= 0.3 is 0 Å². The van der Waals surface area contributed by atoms with E-state index in [4.69, 9.17) is 0 Å². The molecule has 0 radical (unpaired) electrons. The predicted molar refractivity (Wildman–Crippen MR) is 80.1 cm³/mol. The number of nitrogens with zero attached hydrogens (tertiary/aromatic N) is 1. The molecular formula is C16H24N2O2. The first-order valence-corrected chi connectivity index (χ1v) is 7.39. The van der Waals surface area contributed by atoms with Gasteiger partial charge < -0.3 is 15.3 Å². The molecule has 110 valence electrons. The molecule has 0 aliphatic carbocycles. The van der Waals surface area contributed by atoms with Gasteiger partial charge in [-0.2, -0.15) is 0 Å². The van der Waals surface area contributed by atoms with Gasteiger partial charge in [0.15, 0.2) is 0 Å². The maximum atomic E-state index is 12.7. The number of benzene rings is 1. The second-order valence-corrected chi connectivity index (χ2v) is 5.49. The molecule has 4 heteroatoms. The molecule has 1 amide bonds. The molecule has 1 aliphatic heterocycles. The quantitative estimate of drug-likeness (QED) is 0.887. The Morgan fingerprint density at radius 2 is 2.25 bits per heavy atom. The van der Waals surface area contributed by atoms with E-state index in [0.29, 0.717) is 17.2 Å². The van der Waals surface area contributed by atoms with Crippen LogP contribution < -0.4 is 5.32 Å². The van der Waals surface area contributed by atoms with Crippen molar-refractivity contribution in [1.82, 2.24) is 10.2 Å². The monoisotopic (exact) mass is 276 g/mol. The lowest BCUT2D eigenvalue weighted by Crippen LogP contribution is -2.45. The van der Waals surface area contributed by atoms with Crippen molar-refractivity contribution in [3.63, 3.8) is 0 Å². The molecule has 0 aromatic heterocycles. The van der Waals surface area contributed by atoms with Crippen LogP contribution in [0.4, 0.5) is 0 Å². The predicted octanol–water partition coefficient (Wildman–Crippen LogP) is 2.30. The Bertz CT molecular complexity index is 474. The van der Waals surface area contributed by atoms with Gasteiger partial charge in [0, 0.05) is 23.7 Å². The van der Waals surface area contributed by atoms with Crippen LogP contribution in [0.2, 0.25) is 0 Å². The molecule has 1 aromatic rings. The average molecular weight is 276 g/mol. The zero-order valence-corrected chi connectivity index (χ0v) is 12.4. The van der Waals surface area contributed by atoms with Gasteiger partial charge in [-0.3, -0.25) is 4.79 Å². The zero-order valence-electron chi connectivity index (χ0n) is 12.4. The summed E-state index contributed by atoms with van der Waals surface area (Å²) in [5.41, 5.74) is 1.30. The molecular weight excluding hydrogens is 252 g/mol. The zero-order chi connectivity index (χ0) is 14.5. The normalized spacial score (nSPS) is 19.1. The largest absolute Gasteiger partial charge is 0.508 e. The number of hydrogen-bond donors (Lipinski definition) is 2. The molecule has 1 atom stereocenters. The number of carbonyl (C=O) groups excluding carboxylic acids is 1. The number of carbonyl (C=O) groups is 1. The van der Waals surface area contributed by atoms with Crippen molar-refractivity contribution in [1.29, 1.82) is 0 Å². The Morgan fingerprint density at radius 1 is 1.45 bits per heavy atom. The summed E-state index contributed by atoms with van der Waals surface area (Å²) in [7, 11) is 1.94. The van der Waals surface area contributed by atoms with E-state index in [2.05, 4.69) is 5.32 Å². The Morgan fingerprint density at radius 3 is 3.00 bits per heavy atom. The fourth-order valence-corrected chi connectivity index (χ4v) is 2.89. The number of likely N-dealkylation sites (tertiary alicyclic amines) is 1. The van der Waals surface area contributed by atoms with E-state index in [1.165, 1.54) is 6.42 Å². The van der Waals surface area contributed by atoms with Gasteiger partial charge in [0.25, 0.3) is 5.91 Å². The lowest BCUT2D eigenvalue weighted by Gasteiger charge is -2.36. The van der Waals surface area contributed by atoms with E-state index in [1.54, 1.807) is 25.1 Å². The van der Waals surface area contributed by atoms with E-state index >= 15 is 0 Å². The molecule has 1 saturated heterocycles. The second kappa shape index (κ2) is 6.75. The minimum atomic E-state index is 0.0548. The van der Waals surface area contributed by atoms with Crippen molar-refractivity contribution in [2.75, 3.05) is 20.1 Å². The summed E-state index contributed by atoms with van der Waals surface area (Å²) < 4.78 is 0. The topological polar surface area (TPSA) is 52.6 Å². The minimum Gasteiger partial charge on any atom is -0.508 e. The van der Waals surface area contributed by atoms with Gasteiger partial charge in [0.2, 0.25) is 0 Å². The Balaban J connectivity index is 2.18. The van der Waals surface area contributed by atoms with Gasteiger partial charge in [-0.15, -0.1) is 0 Å². The number of hydrogen-bond acceptors (Lipinski definition) is 3. The summed E-state index contributed by atoms with van der Waals surface area (Å²) >= 11 is 0. The third kappa shape index (κ3) is 3.12. The fourth-order valence-electron chi connectivity index (χ4n) is 2.89. The van der Waals surface area contributed by atoms with E-state index in [9.17, 15) is 9.90 Å². The van der Waals surface area contributed by atoms with Gasteiger partial charge in [-0.05, 0) is 58.3 Å². The third-order valence-electron chi connectivity index (χ3n) is 4.15. The number of aromatic hydroxyl groups is 1. The molecule has 2 N–H and O–H groups in total. The number of piperidine rings is 1. The summed E-state index contributed by atoms with van der Waals surface area (Å²) in [6, 6.07) is 5.48. The van der Waals surface area contributed by atoms with Gasteiger partial charge in [0.05, 0.1) is 0 Å². The lowest BCUT2D eigenvalue weighted by atomic mass is 9.97. The van der Waals surface area contributed by atoms with Crippen LogP contribution in [-0.4, -0.2) is 42.1 Å². The van der Waals surface area contributed by atoms with Gasteiger partial charge in [-0.1, -0.05) is 6.07 Å². The van der Waals surface area contributed by atoms with Gasteiger partial charge in [0.1, 0.15) is 5.75 Å². The first-order valence-electron chi connectivity index (χ1n) is 7.39. The van der Waals surface area contributed by atoms with Crippen molar-refractivity contribution >= 4 is 5.91 Å². The van der Waals surface area contributed by atoms with Crippen LogP contribution in [0, 0.1) is 6.92 Å². The molecule has 0 spiro atoms. The minimum absolute atomic E-state index is 0.0548. The van der Waals surface area contributed by atoms with Crippen molar-refractivity contribution in [2.24, 2.45) is 0 Å².